The van der Waals surface area contributed by atoms with Crippen molar-refractivity contribution in [2.24, 2.45) is 0 Å². The number of nitrogens with zero attached hydrogens (tertiary/aromatic N) is 1. The number of rotatable bonds is 5. The Bertz CT molecular complexity index is 405. The summed E-state index contributed by atoms with van der Waals surface area (Å²) in [7, 11) is 0. The molecule has 1 aliphatic heterocycles. The van der Waals surface area contributed by atoms with E-state index in [4.69, 9.17) is 0 Å². The number of hydrogen-bond acceptors (Lipinski definition) is 3. The molecule has 1 heterocycles. The molecule has 4 heteroatoms. The van der Waals surface area contributed by atoms with Gasteiger partial charge in [-0.3, -0.25) is 9.59 Å². The van der Waals surface area contributed by atoms with Gasteiger partial charge in [0.15, 0.2) is 5.78 Å². The molecule has 3 nitrogen and oxygen atoms in total. The maximum Gasteiger partial charge on any atom is 0.230 e. The number of hydrogen-bond donors (Lipinski definition) is 0. The quantitative estimate of drug-likeness (QED) is 0.455. The summed E-state index contributed by atoms with van der Waals surface area (Å²) in [5.74, 6) is 1.01. The molecule has 17 heavy (non-hydrogen) atoms. The van der Waals surface area contributed by atoms with Crippen LogP contribution in [0.2, 0.25) is 0 Å². The molecule has 2 rings (SSSR count). The number of likely N-dealkylation sites (tertiary alicyclic amines) is 1. The molecule has 1 saturated heterocycles. The number of carbonyl (C=O) groups excluding carboxylic acids is 2. The smallest absolute Gasteiger partial charge is 0.230 e. The summed E-state index contributed by atoms with van der Waals surface area (Å²) in [5, 5.41) is 0. The van der Waals surface area contributed by atoms with E-state index in [1.807, 2.05) is 18.2 Å². The summed E-state index contributed by atoms with van der Waals surface area (Å²) in [6.07, 6.45) is 1.03. The predicted molar refractivity (Wildman–Crippen MR) is 68.0 cm³/mol. The SMILES string of the molecule is O=C1CC(=O)N(CCCSc2ccccc2)C1. The maximum atomic E-state index is 11.3. The summed E-state index contributed by atoms with van der Waals surface area (Å²) in [4.78, 5) is 25.3. The number of thioether (sulfide) groups is 1. The van der Waals surface area contributed by atoms with E-state index in [1.54, 1.807) is 16.7 Å². The molecule has 0 bridgehead atoms. The van der Waals surface area contributed by atoms with E-state index < -0.39 is 0 Å². The van der Waals surface area contributed by atoms with E-state index in [0.717, 1.165) is 12.2 Å². The summed E-state index contributed by atoms with van der Waals surface area (Å²) in [6.45, 7) is 1.01. The molecular weight excluding hydrogens is 234 g/mol. The van der Waals surface area contributed by atoms with Crippen LogP contribution in [0.1, 0.15) is 12.8 Å². The summed E-state index contributed by atoms with van der Waals surface area (Å²) >= 11 is 1.78. The van der Waals surface area contributed by atoms with Gasteiger partial charge in [0.05, 0.1) is 13.0 Å². The largest absolute Gasteiger partial charge is 0.335 e. The fraction of sp³-hybridized carbons (Fsp3) is 0.385. The first-order valence-corrected chi connectivity index (χ1v) is 6.71. The molecule has 0 unspecified atom stereocenters. The average Bonchev–Trinajstić information content (AvgIpc) is 2.65. The van der Waals surface area contributed by atoms with Crippen molar-refractivity contribution in [3.63, 3.8) is 0 Å². The van der Waals surface area contributed by atoms with Crippen LogP contribution in [0.15, 0.2) is 35.2 Å². The number of benzene rings is 1. The van der Waals surface area contributed by atoms with Crippen LogP contribution in [-0.2, 0) is 9.59 Å². The highest BCUT2D eigenvalue weighted by molar-refractivity contribution is 7.99. The molecule has 0 saturated carbocycles. The molecule has 90 valence electrons. The van der Waals surface area contributed by atoms with Crippen molar-refractivity contribution in [3.8, 4) is 0 Å². The van der Waals surface area contributed by atoms with Crippen LogP contribution in [0.4, 0.5) is 0 Å². The van der Waals surface area contributed by atoms with E-state index in [-0.39, 0.29) is 18.1 Å². The van der Waals surface area contributed by atoms with Gasteiger partial charge in [-0.25, -0.2) is 0 Å². The molecular formula is C13H15NO2S. The minimum atomic E-state index is -0.0142. The Morgan fingerprint density at radius 1 is 1.18 bits per heavy atom. The van der Waals surface area contributed by atoms with Crippen molar-refractivity contribution in [2.45, 2.75) is 17.7 Å². The van der Waals surface area contributed by atoms with Gasteiger partial charge in [0.2, 0.25) is 5.91 Å². The zero-order chi connectivity index (χ0) is 12.1. The van der Waals surface area contributed by atoms with Crippen LogP contribution < -0.4 is 0 Å². The molecule has 0 spiro atoms. The highest BCUT2D eigenvalue weighted by Gasteiger charge is 2.26. The van der Waals surface area contributed by atoms with Gasteiger partial charge in [-0.1, -0.05) is 18.2 Å². The van der Waals surface area contributed by atoms with Gasteiger partial charge in [0.1, 0.15) is 0 Å². The van der Waals surface area contributed by atoms with E-state index >= 15 is 0 Å². The van der Waals surface area contributed by atoms with Gasteiger partial charge in [-0.15, -0.1) is 11.8 Å². The van der Waals surface area contributed by atoms with E-state index in [9.17, 15) is 9.59 Å². The van der Waals surface area contributed by atoms with E-state index in [2.05, 4.69) is 12.1 Å². The minimum absolute atomic E-state index is 0.0142. The molecule has 1 aromatic carbocycles. The lowest BCUT2D eigenvalue weighted by atomic mass is 10.3. The number of amides is 1. The van der Waals surface area contributed by atoms with E-state index in [0.29, 0.717) is 13.1 Å². The van der Waals surface area contributed by atoms with Crippen molar-refractivity contribution >= 4 is 23.5 Å². The van der Waals surface area contributed by atoms with Crippen molar-refractivity contribution in [2.75, 3.05) is 18.8 Å². The van der Waals surface area contributed by atoms with Crippen LogP contribution in [0.3, 0.4) is 0 Å². The first-order valence-electron chi connectivity index (χ1n) is 5.73. The molecule has 0 N–H and O–H groups in total. The lowest BCUT2D eigenvalue weighted by Crippen LogP contribution is -2.26. The molecule has 1 aromatic rings. The first kappa shape index (κ1) is 12.2. The van der Waals surface area contributed by atoms with Crippen molar-refractivity contribution in [3.05, 3.63) is 30.3 Å². The highest BCUT2D eigenvalue weighted by atomic mass is 32.2. The van der Waals surface area contributed by atoms with Gasteiger partial charge in [0.25, 0.3) is 0 Å². The molecule has 0 aliphatic carbocycles. The third kappa shape index (κ3) is 3.60. The molecule has 0 aromatic heterocycles. The summed E-state index contributed by atoms with van der Waals surface area (Å²) in [6, 6.07) is 10.2. The summed E-state index contributed by atoms with van der Waals surface area (Å²) in [5.41, 5.74) is 0. The molecule has 0 radical (unpaired) electrons. The lowest BCUT2D eigenvalue weighted by molar-refractivity contribution is -0.127. The summed E-state index contributed by atoms with van der Waals surface area (Å²) < 4.78 is 0. The van der Waals surface area contributed by atoms with Gasteiger partial charge in [0, 0.05) is 11.4 Å². The molecule has 1 amide bonds. The second-order valence-electron chi connectivity index (χ2n) is 4.05. The fourth-order valence-corrected chi connectivity index (χ4v) is 2.66. The fourth-order valence-electron chi connectivity index (χ4n) is 1.80. The van der Waals surface area contributed by atoms with E-state index in [1.165, 1.54) is 4.90 Å². The van der Waals surface area contributed by atoms with Gasteiger partial charge in [-0.2, -0.15) is 0 Å². The Hall–Kier alpha value is -1.29. The molecule has 1 aliphatic rings. The number of carbonyl (C=O) groups is 2. The third-order valence-corrected chi connectivity index (χ3v) is 3.75. The van der Waals surface area contributed by atoms with Crippen molar-refractivity contribution < 1.29 is 9.59 Å². The van der Waals surface area contributed by atoms with Crippen molar-refractivity contribution in [1.82, 2.24) is 4.90 Å². The monoisotopic (exact) mass is 249 g/mol. The van der Waals surface area contributed by atoms with Gasteiger partial charge >= 0.3 is 0 Å². The van der Waals surface area contributed by atoms with Crippen LogP contribution in [-0.4, -0.2) is 35.4 Å². The maximum absolute atomic E-state index is 11.3. The topological polar surface area (TPSA) is 37.4 Å². The number of Topliss-reactive ketones (excluding diaryl/α,β-unsaturated/α-hetero) is 1. The van der Waals surface area contributed by atoms with Crippen LogP contribution >= 0.6 is 11.8 Å². The molecule has 1 fully saturated rings. The van der Waals surface area contributed by atoms with Gasteiger partial charge < -0.3 is 4.90 Å². The van der Waals surface area contributed by atoms with Crippen LogP contribution in [0, 0.1) is 0 Å². The Morgan fingerprint density at radius 2 is 1.94 bits per heavy atom. The molecule has 0 atom stereocenters. The average molecular weight is 249 g/mol. The Labute approximate surface area is 105 Å². The normalized spacial score (nSPS) is 15.6. The second kappa shape index (κ2) is 5.87. The number of ketones is 1. The highest BCUT2D eigenvalue weighted by Crippen LogP contribution is 2.18. The standard InChI is InChI=1S/C13H15NO2S/c15-11-9-13(16)14(10-11)7-4-8-17-12-5-2-1-3-6-12/h1-3,5-6H,4,7-10H2. The second-order valence-corrected chi connectivity index (χ2v) is 5.21. The Morgan fingerprint density at radius 3 is 2.59 bits per heavy atom. The third-order valence-electron chi connectivity index (χ3n) is 2.65. The zero-order valence-electron chi connectivity index (χ0n) is 9.59. The Balaban J connectivity index is 1.67. The zero-order valence-corrected chi connectivity index (χ0v) is 10.4. The van der Waals surface area contributed by atoms with Crippen LogP contribution in [0.5, 0.6) is 0 Å². The van der Waals surface area contributed by atoms with Crippen LogP contribution in [0.25, 0.3) is 0 Å². The lowest BCUT2D eigenvalue weighted by Gasteiger charge is -2.13. The van der Waals surface area contributed by atoms with Crippen molar-refractivity contribution in [1.29, 1.82) is 0 Å². The Kier molecular flexibility index (Phi) is 4.20. The minimum Gasteiger partial charge on any atom is -0.335 e. The first-order chi connectivity index (χ1) is 8.25. The van der Waals surface area contributed by atoms with Gasteiger partial charge in [-0.05, 0) is 24.3 Å². The predicted octanol–water partition coefficient (Wildman–Crippen LogP) is 1.97.